The van der Waals surface area contributed by atoms with Crippen LogP contribution < -0.4 is 10.1 Å². The summed E-state index contributed by atoms with van der Waals surface area (Å²) in [5, 5.41) is 7.03. The van der Waals surface area contributed by atoms with Crippen LogP contribution in [0.3, 0.4) is 0 Å². The molecule has 1 amide bonds. The monoisotopic (exact) mass is 417 g/mol. The number of rotatable bonds is 8. The van der Waals surface area contributed by atoms with E-state index in [0.717, 1.165) is 34.2 Å². The first-order valence-corrected chi connectivity index (χ1v) is 9.18. The first-order chi connectivity index (χ1) is 12.7. The summed E-state index contributed by atoms with van der Waals surface area (Å²) in [6.07, 6.45) is 7.92. The topological polar surface area (TPSA) is 81.4 Å². The van der Waals surface area contributed by atoms with E-state index in [-0.39, 0.29) is 5.91 Å². The van der Waals surface area contributed by atoms with Crippen molar-refractivity contribution in [2.24, 2.45) is 0 Å². The van der Waals surface area contributed by atoms with Crippen LogP contribution in [0.15, 0.2) is 41.4 Å². The Morgan fingerprint density at radius 3 is 3.04 bits per heavy atom. The van der Waals surface area contributed by atoms with E-state index in [9.17, 15) is 4.79 Å². The van der Waals surface area contributed by atoms with Crippen molar-refractivity contribution in [1.29, 1.82) is 0 Å². The number of fused-ring (bicyclic) bond motifs is 1. The maximum Gasteiger partial charge on any atom is 0.252 e. The number of carbonyl (C=O) groups excluding carboxylic acids is 1. The minimum Gasteiger partial charge on any atom is -0.496 e. The Bertz CT molecular complexity index is 896. The van der Waals surface area contributed by atoms with E-state index in [1.54, 1.807) is 17.8 Å². The molecule has 136 valence electrons. The standard InChI is InChI=1S/C18H20BrN5O2/c1-26-16-6-5-15(19)9-14(16)4-7-17(25)20-8-2-3-13-10-21-18-22-12-23-24(18)11-13/h5-6,9-12H,2-4,7-8H2,1H3,(H,20,25). The predicted octanol–water partition coefficient (Wildman–Crippen LogP) is 2.58. The summed E-state index contributed by atoms with van der Waals surface area (Å²) < 4.78 is 7.97. The Morgan fingerprint density at radius 2 is 2.19 bits per heavy atom. The molecule has 2 aromatic heterocycles. The van der Waals surface area contributed by atoms with Gasteiger partial charge in [0.05, 0.1) is 7.11 Å². The van der Waals surface area contributed by atoms with E-state index in [2.05, 4.69) is 36.3 Å². The van der Waals surface area contributed by atoms with Gasteiger partial charge < -0.3 is 10.1 Å². The molecule has 7 nitrogen and oxygen atoms in total. The number of amides is 1. The second kappa shape index (κ2) is 8.75. The van der Waals surface area contributed by atoms with Crippen LogP contribution >= 0.6 is 15.9 Å². The Hall–Kier alpha value is -2.48. The summed E-state index contributed by atoms with van der Waals surface area (Å²) in [6, 6.07) is 5.81. The van der Waals surface area contributed by atoms with E-state index in [1.165, 1.54) is 6.33 Å². The number of benzene rings is 1. The molecular weight excluding hydrogens is 398 g/mol. The highest BCUT2D eigenvalue weighted by atomic mass is 79.9. The lowest BCUT2D eigenvalue weighted by Crippen LogP contribution is -2.25. The van der Waals surface area contributed by atoms with Gasteiger partial charge in [-0.1, -0.05) is 15.9 Å². The van der Waals surface area contributed by atoms with Gasteiger partial charge in [0.1, 0.15) is 12.1 Å². The molecule has 3 rings (SSSR count). The van der Waals surface area contributed by atoms with Crippen LogP contribution in [-0.2, 0) is 17.6 Å². The molecule has 3 aromatic rings. The van der Waals surface area contributed by atoms with Crippen molar-refractivity contribution in [1.82, 2.24) is 24.9 Å². The van der Waals surface area contributed by atoms with Crippen LogP contribution in [-0.4, -0.2) is 39.1 Å². The number of aryl methyl sites for hydroxylation is 2. The zero-order valence-electron chi connectivity index (χ0n) is 14.5. The van der Waals surface area contributed by atoms with Gasteiger partial charge in [-0.05, 0) is 48.6 Å². The third kappa shape index (κ3) is 4.78. The molecule has 1 N–H and O–H groups in total. The summed E-state index contributed by atoms with van der Waals surface area (Å²) in [5.74, 6) is 1.43. The second-order valence-electron chi connectivity index (χ2n) is 5.88. The average molecular weight is 418 g/mol. The molecule has 0 aliphatic carbocycles. The normalized spacial score (nSPS) is 10.8. The van der Waals surface area contributed by atoms with E-state index >= 15 is 0 Å². The van der Waals surface area contributed by atoms with Crippen molar-refractivity contribution in [3.63, 3.8) is 0 Å². The van der Waals surface area contributed by atoms with Gasteiger partial charge in [0.15, 0.2) is 0 Å². The lowest BCUT2D eigenvalue weighted by Gasteiger charge is -2.09. The fraction of sp³-hybridized carbons (Fsp3) is 0.333. The van der Waals surface area contributed by atoms with Crippen LogP contribution in [0.4, 0.5) is 0 Å². The number of ether oxygens (including phenoxy) is 1. The molecule has 0 bridgehead atoms. The van der Waals surface area contributed by atoms with E-state index in [4.69, 9.17) is 4.74 Å². The Kier molecular flexibility index (Phi) is 6.17. The van der Waals surface area contributed by atoms with Crippen LogP contribution in [0.25, 0.3) is 5.78 Å². The number of halogens is 1. The van der Waals surface area contributed by atoms with Gasteiger partial charge in [-0.15, -0.1) is 0 Å². The van der Waals surface area contributed by atoms with E-state index < -0.39 is 0 Å². The minimum atomic E-state index is 0.0388. The highest BCUT2D eigenvalue weighted by Crippen LogP contribution is 2.24. The lowest BCUT2D eigenvalue weighted by atomic mass is 10.1. The number of methoxy groups -OCH3 is 1. The van der Waals surface area contributed by atoms with Crippen molar-refractivity contribution < 1.29 is 9.53 Å². The maximum atomic E-state index is 12.1. The number of carbonyl (C=O) groups is 1. The number of nitrogens with one attached hydrogen (secondary N) is 1. The zero-order valence-corrected chi connectivity index (χ0v) is 16.1. The van der Waals surface area contributed by atoms with Crippen molar-refractivity contribution >= 4 is 27.6 Å². The highest BCUT2D eigenvalue weighted by Gasteiger charge is 2.07. The van der Waals surface area contributed by atoms with Crippen molar-refractivity contribution in [2.75, 3.05) is 13.7 Å². The van der Waals surface area contributed by atoms with Crippen molar-refractivity contribution in [3.05, 3.63) is 52.5 Å². The molecule has 0 aliphatic heterocycles. The maximum absolute atomic E-state index is 12.1. The Labute approximate surface area is 159 Å². The molecule has 0 saturated heterocycles. The third-order valence-electron chi connectivity index (χ3n) is 4.02. The number of nitrogens with zero attached hydrogens (tertiary/aromatic N) is 4. The molecule has 26 heavy (non-hydrogen) atoms. The fourth-order valence-corrected chi connectivity index (χ4v) is 3.10. The molecule has 0 saturated carbocycles. The largest absolute Gasteiger partial charge is 0.496 e. The summed E-state index contributed by atoms with van der Waals surface area (Å²) in [5.41, 5.74) is 2.08. The van der Waals surface area contributed by atoms with Gasteiger partial charge in [-0.25, -0.2) is 9.50 Å². The molecular formula is C18H20BrN5O2. The molecule has 8 heteroatoms. The van der Waals surface area contributed by atoms with Crippen molar-refractivity contribution in [3.8, 4) is 5.75 Å². The molecule has 1 aromatic carbocycles. The quantitative estimate of drug-likeness (QED) is 0.569. The third-order valence-corrected chi connectivity index (χ3v) is 4.51. The van der Waals surface area contributed by atoms with Gasteiger partial charge in [-0.3, -0.25) is 4.79 Å². The van der Waals surface area contributed by atoms with E-state index in [1.807, 2.05) is 24.4 Å². The first kappa shape index (κ1) is 18.3. The smallest absolute Gasteiger partial charge is 0.252 e. The van der Waals surface area contributed by atoms with Gasteiger partial charge >= 0.3 is 0 Å². The SMILES string of the molecule is COc1ccc(Br)cc1CCC(=O)NCCCc1cnc2ncnn2c1. The minimum absolute atomic E-state index is 0.0388. The Morgan fingerprint density at radius 1 is 1.31 bits per heavy atom. The molecule has 0 atom stereocenters. The van der Waals surface area contributed by atoms with Crippen LogP contribution in [0.5, 0.6) is 5.75 Å². The van der Waals surface area contributed by atoms with Gasteiger partial charge in [-0.2, -0.15) is 10.1 Å². The molecule has 0 radical (unpaired) electrons. The number of hydrogen-bond donors (Lipinski definition) is 1. The summed E-state index contributed by atoms with van der Waals surface area (Å²) in [6.45, 7) is 0.629. The van der Waals surface area contributed by atoms with Crippen LogP contribution in [0, 0.1) is 0 Å². The first-order valence-electron chi connectivity index (χ1n) is 8.39. The summed E-state index contributed by atoms with van der Waals surface area (Å²) in [7, 11) is 1.64. The van der Waals surface area contributed by atoms with Gasteiger partial charge in [0.2, 0.25) is 5.91 Å². The molecule has 0 spiro atoms. The number of aromatic nitrogens is 4. The fourth-order valence-electron chi connectivity index (χ4n) is 2.69. The van der Waals surface area contributed by atoms with Gasteiger partial charge in [0, 0.05) is 29.8 Å². The molecule has 0 fully saturated rings. The molecule has 0 aliphatic rings. The van der Waals surface area contributed by atoms with E-state index in [0.29, 0.717) is 25.2 Å². The summed E-state index contributed by atoms with van der Waals surface area (Å²) in [4.78, 5) is 20.3. The zero-order chi connectivity index (χ0) is 18.4. The van der Waals surface area contributed by atoms with Crippen LogP contribution in [0.2, 0.25) is 0 Å². The van der Waals surface area contributed by atoms with Gasteiger partial charge in [0.25, 0.3) is 5.78 Å². The van der Waals surface area contributed by atoms with Crippen LogP contribution in [0.1, 0.15) is 24.0 Å². The molecule has 2 heterocycles. The molecule has 0 unspecified atom stereocenters. The Balaban J connectivity index is 1.41. The average Bonchev–Trinajstić information content (AvgIpc) is 3.11. The summed E-state index contributed by atoms with van der Waals surface area (Å²) >= 11 is 3.45. The lowest BCUT2D eigenvalue weighted by molar-refractivity contribution is -0.121. The highest BCUT2D eigenvalue weighted by molar-refractivity contribution is 9.10. The second-order valence-corrected chi connectivity index (χ2v) is 6.79. The number of hydrogen-bond acceptors (Lipinski definition) is 5. The predicted molar refractivity (Wildman–Crippen MR) is 101 cm³/mol. The van der Waals surface area contributed by atoms with Crippen molar-refractivity contribution in [2.45, 2.75) is 25.7 Å².